The molecule has 0 aromatic rings. The van der Waals surface area contributed by atoms with Crippen LogP contribution < -0.4 is 0 Å². The number of ether oxygens (including phenoxy) is 2. The summed E-state index contributed by atoms with van der Waals surface area (Å²) in [5.41, 5.74) is 0.303. The van der Waals surface area contributed by atoms with Gasteiger partial charge in [-0.05, 0) is 32.1 Å². The minimum Gasteiger partial charge on any atom is -0.381 e. The third-order valence-corrected chi connectivity index (χ3v) is 4.80. The molecule has 1 aliphatic heterocycles. The summed E-state index contributed by atoms with van der Waals surface area (Å²) in [6.45, 7) is 9.31. The van der Waals surface area contributed by atoms with Gasteiger partial charge in [-0.15, -0.1) is 0 Å². The van der Waals surface area contributed by atoms with E-state index in [9.17, 15) is 0 Å². The van der Waals surface area contributed by atoms with Crippen LogP contribution in [0.4, 0.5) is 0 Å². The van der Waals surface area contributed by atoms with Crippen molar-refractivity contribution in [1.29, 1.82) is 0 Å². The van der Waals surface area contributed by atoms with Gasteiger partial charge in [-0.3, -0.25) is 0 Å². The summed E-state index contributed by atoms with van der Waals surface area (Å²) < 4.78 is 11.4. The molecule has 1 rings (SSSR count). The molecule has 16 heavy (non-hydrogen) atoms. The lowest BCUT2D eigenvalue weighted by Crippen LogP contribution is -2.32. The van der Waals surface area contributed by atoms with Gasteiger partial charge in [-0.2, -0.15) is 0 Å². The highest BCUT2D eigenvalue weighted by atomic mass is 79.9. The Bertz CT molecular complexity index is 196. The fourth-order valence-electron chi connectivity index (χ4n) is 2.09. The number of hydrogen-bond acceptors (Lipinski definition) is 2. The number of alkyl halides is 1. The van der Waals surface area contributed by atoms with Gasteiger partial charge in [0, 0.05) is 30.6 Å². The molecule has 0 aromatic carbocycles. The van der Waals surface area contributed by atoms with Crippen LogP contribution in [0.25, 0.3) is 0 Å². The maximum atomic E-state index is 5.71. The van der Waals surface area contributed by atoms with E-state index in [1.165, 1.54) is 0 Å². The Kier molecular flexibility index (Phi) is 6.30. The van der Waals surface area contributed by atoms with E-state index in [2.05, 4.69) is 36.7 Å². The van der Waals surface area contributed by atoms with Gasteiger partial charge in [0.05, 0.1) is 6.10 Å². The summed E-state index contributed by atoms with van der Waals surface area (Å²) in [5.74, 6) is 0.735. The summed E-state index contributed by atoms with van der Waals surface area (Å²) in [7, 11) is 0. The molecular weight excluding hydrogens is 268 g/mol. The van der Waals surface area contributed by atoms with Crippen LogP contribution in [0.1, 0.15) is 40.0 Å². The fourth-order valence-corrected chi connectivity index (χ4v) is 3.10. The SMILES string of the molecule is CC(C)CCOCCC1(CBr)CCOC1C. The number of halogens is 1. The van der Waals surface area contributed by atoms with Gasteiger partial charge in [-0.1, -0.05) is 29.8 Å². The molecule has 0 aromatic heterocycles. The first-order chi connectivity index (χ1) is 7.60. The lowest BCUT2D eigenvalue weighted by Gasteiger charge is -2.30. The van der Waals surface area contributed by atoms with Crippen LogP contribution in [0, 0.1) is 11.3 Å². The molecule has 0 amide bonds. The maximum Gasteiger partial charge on any atom is 0.0612 e. The van der Waals surface area contributed by atoms with E-state index in [0.717, 1.165) is 50.3 Å². The molecule has 0 aliphatic carbocycles. The van der Waals surface area contributed by atoms with Crippen molar-refractivity contribution in [3.05, 3.63) is 0 Å². The van der Waals surface area contributed by atoms with Gasteiger partial charge in [-0.25, -0.2) is 0 Å². The largest absolute Gasteiger partial charge is 0.381 e. The summed E-state index contributed by atoms with van der Waals surface area (Å²) in [6, 6.07) is 0. The van der Waals surface area contributed by atoms with Gasteiger partial charge < -0.3 is 9.47 Å². The summed E-state index contributed by atoms with van der Waals surface area (Å²) >= 11 is 3.63. The summed E-state index contributed by atoms with van der Waals surface area (Å²) in [5, 5.41) is 1.02. The molecule has 0 bridgehead atoms. The van der Waals surface area contributed by atoms with E-state index in [-0.39, 0.29) is 0 Å². The first-order valence-electron chi connectivity index (χ1n) is 6.36. The standard InChI is InChI=1S/C13H25BrO2/c1-11(2)4-7-15-8-5-13(10-14)6-9-16-12(13)3/h11-12H,4-10H2,1-3H3. The minimum absolute atomic E-state index is 0.303. The monoisotopic (exact) mass is 292 g/mol. The van der Waals surface area contributed by atoms with E-state index >= 15 is 0 Å². The van der Waals surface area contributed by atoms with Crippen LogP contribution in [-0.4, -0.2) is 31.3 Å². The van der Waals surface area contributed by atoms with Crippen molar-refractivity contribution in [1.82, 2.24) is 0 Å². The van der Waals surface area contributed by atoms with Crippen LogP contribution in [0.5, 0.6) is 0 Å². The quantitative estimate of drug-likeness (QED) is 0.527. The molecule has 1 fully saturated rings. The minimum atomic E-state index is 0.303. The molecule has 1 saturated heterocycles. The third kappa shape index (κ3) is 4.01. The molecule has 1 heterocycles. The average molecular weight is 293 g/mol. The average Bonchev–Trinajstić information content (AvgIpc) is 2.60. The molecule has 3 heteroatoms. The molecule has 2 nitrogen and oxygen atoms in total. The number of hydrogen-bond donors (Lipinski definition) is 0. The zero-order valence-electron chi connectivity index (χ0n) is 10.8. The molecule has 0 spiro atoms. The summed E-state index contributed by atoms with van der Waals surface area (Å²) in [4.78, 5) is 0. The van der Waals surface area contributed by atoms with Gasteiger partial charge in [0.25, 0.3) is 0 Å². The molecule has 0 N–H and O–H groups in total. The van der Waals surface area contributed by atoms with E-state index in [0.29, 0.717) is 11.5 Å². The van der Waals surface area contributed by atoms with E-state index in [1.807, 2.05) is 0 Å². The number of rotatable bonds is 7. The molecule has 1 aliphatic rings. The summed E-state index contributed by atoms with van der Waals surface area (Å²) in [6.07, 6.45) is 3.79. The predicted octanol–water partition coefficient (Wildman–Crippen LogP) is 3.63. The molecule has 0 radical (unpaired) electrons. The van der Waals surface area contributed by atoms with E-state index < -0.39 is 0 Å². The molecular formula is C13H25BrO2. The Morgan fingerprint density at radius 2 is 2.19 bits per heavy atom. The van der Waals surface area contributed by atoms with E-state index in [4.69, 9.17) is 9.47 Å². The Morgan fingerprint density at radius 1 is 1.44 bits per heavy atom. The second-order valence-corrected chi connectivity index (χ2v) is 5.86. The van der Waals surface area contributed by atoms with Gasteiger partial charge in [0.1, 0.15) is 0 Å². The normalized spacial score (nSPS) is 30.2. The van der Waals surface area contributed by atoms with Crippen LogP contribution in [-0.2, 0) is 9.47 Å². The highest BCUT2D eigenvalue weighted by Crippen LogP contribution is 2.39. The Hall–Kier alpha value is 0.400. The molecule has 96 valence electrons. The van der Waals surface area contributed by atoms with Gasteiger partial charge in [0.2, 0.25) is 0 Å². The van der Waals surface area contributed by atoms with Crippen molar-refractivity contribution in [3.8, 4) is 0 Å². The van der Waals surface area contributed by atoms with Crippen molar-refractivity contribution >= 4 is 15.9 Å². The van der Waals surface area contributed by atoms with Gasteiger partial charge in [0.15, 0.2) is 0 Å². The van der Waals surface area contributed by atoms with Crippen LogP contribution in [0.2, 0.25) is 0 Å². The maximum absolute atomic E-state index is 5.71. The first-order valence-corrected chi connectivity index (χ1v) is 7.48. The van der Waals surface area contributed by atoms with Crippen molar-refractivity contribution in [3.63, 3.8) is 0 Å². The Balaban J connectivity index is 2.19. The Morgan fingerprint density at radius 3 is 2.69 bits per heavy atom. The fraction of sp³-hybridized carbons (Fsp3) is 1.00. The van der Waals surface area contributed by atoms with Crippen molar-refractivity contribution < 1.29 is 9.47 Å². The second-order valence-electron chi connectivity index (χ2n) is 5.30. The highest BCUT2D eigenvalue weighted by Gasteiger charge is 2.40. The highest BCUT2D eigenvalue weighted by molar-refractivity contribution is 9.09. The predicted molar refractivity (Wildman–Crippen MR) is 71.1 cm³/mol. The lowest BCUT2D eigenvalue weighted by molar-refractivity contribution is 0.0428. The second kappa shape index (κ2) is 6.97. The van der Waals surface area contributed by atoms with E-state index in [1.54, 1.807) is 0 Å². The van der Waals surface area contributed by atoms with Crippen molar-refractivity contribution in [2.45, 2.75) is 46.1 Å². The topological polar surface area (TPSA) is 18.5 Å². The van der Waals surface area contributed by atoms with Crippen molar-refractivity contribution in [2.75, 3.05) is 25.2 Å². The third-order valence-electron chi connectivity index (χ3n) is 3.68. The van der Waals surface area contributed by atoms with Gasteiger partial charge >= 0.3 is 0 Å². The zero-order chi connectivity index (χ0) is 12.0. The van der Waals surface area contributed by atoms with Crippen molar-refractivity contribution in [2.24, 2.45) is 11.3 Å². The Labute approximate surface area is 108 Å². The molecule has 2 unspecified atom stereocenters. The first kappa shape index (κ1) is 14.5. The smallest absolute Gasteiger partial charge is 0.0612 e. The van der Waals surface area contributed by atoms with Crippen LogP contribution in [0.3, 0.4) is 0 Å². The van der Waals surface area contributed by atoms with Crippen LogP contribution >= 0.6 is 15.9 Å². The van der Waals surface area contributed by atoms with Crippen LogP contribution in [0.15, 0.2) is 0 Å². The lowest BCUT2D eigenvalue weighted by atomic mass is 9.81. The molecule has 2 atom stereocenters. The molecule has 0 saturated carbocycles. The zero-order valence-corrected chi connectivity index (χ0v) is 12.4.